The van der Waals surface area contributed by atoms with Gasteiger partial charge in [-0.1, -0.05) is 52.4 Å². The van der Waals surface area contributed by atoms with Gasteiger partial charge in [0.25, 0.3) is 0 Å². The summed E-state index contributed by atoms with van der Waals surface area (Å²) in [4.78, 5) is 11.4. The van der Waals surface area contributed by atoms with Gasteiger partial charge in [0.2, 0.25) is 0 Å². The molecule has 5 heteroatoms. The average Bonchev–Trinajstić information content (AvgIpc) is 2.24. The molecule has 0 saturated heterocycles. The molecule has 0 fully saturated rings. The van der Waals surface area contributed by atoms with Gasteiger partial charge in [-0.25, -0.2) is 0 Å². The van der Waals surface area contributed by atoms with E-state index in [1.165, 1.54) is 0 Å². The van der Waals surface area contributed by atoms with Crippen molar-refractivity contribution in [2.45, 2.75) is 65.2 Å². The summed E-state index contributed by atoms with van der Waals surface area (Å²) >= 11 is 0. The molecule has 0 aromatic rings. The molecule has 0 bridgehead atoms. The van der Waals surface area contributed by atoms with E-state index >= 15 is 0 Å². The van der Waals surface area contributed by atoms with E-state index in [1.807, 2.05) is 0 Å². The van der Waals surface area contributed by atoms with Gasteiger partial charge in [-0.3, -0.25) is 0 Å². The van der Waals surface area contributed by atoms with Crippen molar-refractivity contribution >= 4 is 7.60 Å². The quantitative estimate of drug-likeness (QED) is 0.432. The Hall–Kier alpha value is 0.682. The van der Waals surface area contributed by atoms with Gasteiger partial charge < -0.3 is 14.0 Å². The Balaban J connectivity index is 0. The Bertz CT molecular complexity index is 200. The molecular weight excluding hydrogens is 275 g/mol. The van der Waals surface area contributed by atoms with Gasteiger partial charge in [0.05, 0.1) is 6.61 Å². The van der Waals surface area contributed by atoms with Crippen LogP contribution in [0.5, 0.6) is 0 Å². The Morgan fingerprint density at radius 3 is 2.00 bits per heavy atom. The maximum absolute atomic E-state index is 11.4. The van der Waals surface area contributed by atoms with E-state index in [0.29, 0.717) is 6.61 Å². The summed E-state index contributed by atoms with van der Waals surface area (Å²) in [5.74, 6) is 0. The van der Waals surface area contributed by atoms with Crippen LogP contribution in [-0.2, 0) is 26.4 Å². The number of unbranched alkanes of at least 4 members (excludes halogenated alkanes) is 6. The molecule has 0 amide bonds. The van der Waals surface area contributed by atoms with Crippen LogP contribution in [0.4, 0.5) is 0 Å². The molecule has 0 heterocycles. The molecule has 0 rings (SSSR count). The summed E-state index contributed by atoms with van der Waals surface area (Å²) in [6.45, 7) is 4.61. The van der Waals surface area contributed by atoms with Crippen molar-refractivity contribution in [2.24, 2.45) is 0 Å². The Morgan fingerprint density at radius 2 is 1.47 bits per heavy atom. The van der Waals surface area contributed by atoms with Crippen molar-refractivity contribution < 1.29 is 31.3 Å². The molecule has 0 spiro atoms. The SMILES string of the molecule is CCCCCCOP(=O)([O-])CCCCCC.[Cr+2]. The van der Waals surface area contributed by atoms with E-state index in [0.717, 1.165) is 51.4 Å². The molecule has 0 aromatic carbocycles. The summed E-state index contributed by atoms with van der Waals surface area (Å²) in [5, 5.41) is 0. The third-order valence-electron chi connectivity index (χ3n) is 2.57. The molecule has 1 unspecified atom stereocenters. The van der Waals surface area contributed by atoms with E-state index in [9.17, 15) is 9.46 Å². The van der Waals surface area contributed by atoms with Crippen molar-refractivity contribution in [2.75, 3.05) is 12.8 Å². The van der Waals surface area contributed by atoms with Crippen LogP contribution in [0.15, 0.2) is 0 Å². The molecule has 0 aliphatic rings. The van der Waals surface area contributed by atoms with E-state index in [4.69, 9.17) is 4.52 Å². The van der Waals surface area contributed by atoms with Crippen LogP contribution < -0.4 is 4.89 Å². The van der Waals surface area contributed by atoms with Crippen molar-refractivity contribution in [3.8, 4) is 0 Å². The monoisotopic (exact) mass is 301 g/mol. The normalized spacial score (nSPS) is 14.1. The van der Waals surface area contributed by atoms with Crippen LogP contribution in [0.1, 0.15) is 65.2 Å². The van der Waals surface area contributed by atoms with Crippen LogP contribution in [0.25, 0.3) is 0 Å². The third kappa shape index (κ3) is 14.6. The predicted octanol–water partition coefficient (Wildman–Crippen LogP) is 3.71. The largest absolute Gasteiger partial charge is 2.00 e. The Morgan fingerprint density at radius 1 is 0.941 bits per heavy atom. The summed E-state index contributed by atoms with van der Waals surface area (Å²) < 4.78 is 16.4. The second kappa shape index (κ2) is 13.1. The zero-order chi connectivity index (χ0) is 12.3. The number of hydrogen-bond donors (Lipinski definition) is 0. The van der Waals surface area contributed by atoms with Crippen LogP contribution >= 0.6 is 7.60 Å². The zero-order valence-corrected chi connectivity index (χ0v) is 13.3. The second-order valence-electron chi connectivity index (χ2n) is 4.29. The first-order chi connectivity index (χ1) is 7.62. The van der Waals surface area contributed by atoms with Gasteiger partial charge in [-0.05, 0) is 12.8 Å². The summed E-state index contributed by atoms with van der Waals surface area (Å²) in [6, 6.07) is 0. The predicted molar refractivity (Wildman–Crippen MR) is 66.7 cm³/mol. The molecule has 1 atom stereocenters. The minimum absolute atomic E-state index is 0. The summed E-state index contributed by atoms with van der Waals surface area (Å²) in [7, 11) is -3.53. The molecule has 0 saturated carbocycles. The van der Waals surface area contributed by atoms with Gasteiger partial charge in [-0.2, -0.15) is 0 Å². The van der Waals surface area contributed by atoms with E-state index in [2.05, 4.69) is 13.8 Å². The average molecular weight is 301 g/mol. The Labute approximate surface area is 117 Å². The Kier molecular flexibility index (Phi) is 15.4. The number of rotatable bonds is 11. The van der Waals surface area contributed by atoms with E-state index in [-0.39, 0.29) is 23.5 Å². The standard InChI is InChI=1S/C12H27O3P.Cr/c1-3-5-7-9-11-15-16(13,14)12-10-8-6-4-2;/h3-12H2,1-2H3,(H,13,14);/q;+2/p-1. The first-order valence-electron chi connectivity index (χ1n) is 6.57. The smallest absolute Gasteiger partial charge is 0.778 e. The van der Waals surface area contributed by atoms with Crippen LogP contribution in [0.2, 0.25) is 0 Å². The van der Waals surface area contributed by atoms with Gasteiger partial charge >= 0.3 is 17.4 Å². The first kappa shape index (κ1) is 20.0. The van der Waals surface area contributed by atoms with Gasteiger partial charge in [0.15, 0.2) is 0 Å². The van der Waals surface area contributed by atoms with E-state index < -0.39 is 7.60 Å². The molecule has 0 aliphatic heterocycles. The maximum atomic E-state index is 11.4. The first-order valence-corrected chi connectivity index (χ1v) is 8.29. The van der Waals surface area contributed by atoms with Gasteiger partial charge in [0, 0.05) is 6.16 Å². The third-order valence-corrected chi connectivity index (χ3v) is 4.01. The minimum atomic E-state index is -3.53. The molecule has 102 valence electrons. The molecule has 0 radical (unpaired) electrons. The molecule has 0 aromatic heterocycles. The van der Waals surface area contributed by atoms with Crippen molar-refractivity contribution in [1.82, 2.24) is 0 Å². The fourth-order valence-electron chi connectivity index (χ4n) is 1.53. The van der Waals surface area contributed by atoms with Crippen molar-refractivity contribution in [3.05, 3.63) is 0 Å². The van der Waals surface area contributed by atoms with Crippen molar-refractivity contribution in [1.29, 1.82) is 0 Å². The van der Waals surface area contributed by atoms with Gasteiger partial charge in [-0.15, -0.1) is 0 Å². The fourth-order valence-corrected chi connectivity index (χ4v) is 2.68. The fraction of sp³-hybridized carbons (Fsp3) is 1.00. The van der Waals surface area contributed by atoms with Crippen LogP contribution in [0.3, 0.4) is 0 Å². The zero-order valence-electron chi connectivity index (χ0n) is 11.2. The van der Waals surface area contributed by atoms with Crippen LogP contribution in [-0.4, -0.2) is 12.8 Å². The van der Waals surface area contributed by atoms with Crippen LogP contribution in [0, 0.1) is 0 Å². The summed E-state index contributed by atoms with van der Waals surface area (Å²) in [6.07, 6.45) is 8.40. The topological polar surface area (TPSA) is 49.4 Å². The second-order valence-corrected chi connectivity index (χ2v) is 6.22. The molecular formula is C12H26CrO3P+. The van der Waals surface area contributed by atoms with Gasteiger partial charge in [0.1, 0.15) is 7.60 Å². The summed E-state index contributed by atoms with van der Waals surface area (Å²) in [5.41, 5.74) is 0. The maximum Gasteiger partial charge on any atom is 2.00 e. The molecule has 3 nitrogen and oxygen atoms in total. The minimum Gasteiger partial charge on any atom is -0.778 e. The molecule has 0 N–H and O–H groups in total. The van der Waals surface area contributed by atoms with Crippen molar-refractivity contribution in [3.63, 3.8) is 0 Å². The molecule has 17 heavy (non-hydrogen) atoms. The number of hydrogen-bond acceptors (Lipinski definition) is 3. The molecule has 0 aliphatic carbocycles. The van der Waals surface area contributed by atoms with E-state index in [1.54, 1.807) is 0 Å².